The van der Waals surface area contributed by atoms with E-state index < -0.39 is 14.9 Å². The monoisotopic (exact) mass is 444 g/mol. The van der Waals surface area contributed by atoms with Crippen LogP contribution < -0.4 is 5.32 Å². The highest BCUT2D eigenvalue weighted by atomic mass is 32.2. The highest BCUT2D eigenvalue weighted by Crippen LogP contribution is 2.37. The van der Waals surface area contributed by atoms with Gasteiger partial charge in [0.15, 0.2) is 5.65 Å². The smallest absolute Gasteiger partial charge is 0.311 e. The third-order valence-corrected chi connectivity index (χ3v) is 7.15. The largest absolute Gasteiger partial charge is 0.469 e. The molecule has 0 saturated heterocycles. The normalized spacial score (nSPS) is 18.7. The summed E-state index contributed by atoms with van der Waals surface area (Å²) < 4.78 is 31.9. The molecule has 3 aromatic rings. The minimum atomic E-state index is -3.93. The summed E-state index contributed by atoms with van der Waals surface area (Å²) in [5.74, 6) is -0.583. The number of benzene rings is 1. The molecular weight excluding hydrogens is 424 g/mol. The van der Waals surface area contributed by atoms with Crippen LogP contribution in [0, 0.1) is 16.0 Å². The number of hydrogen-bond acceptors (Lipinski definition) is 8. The van der Waals surface area contributed by atoms with E-state index in [1.807, 2.05) is 0 Å². The van der Waals surface area contributed by atoms with Crippen molar-refractivity contribution in [2.45, 2.75) is 30.2 Å². The lowest BCUT2D eigenvalue weighted by Crippen LogP contribution is -2.20. The fourth-order valence-corrected chi connectivity index (χ4v) is 5.26. The Balaban J connectivity index is 1.76. The Bertz CT molecular complexity index is 1260. The van der Waals surface area contributed by atoms with Crippen LogP contribution in [-0.2, 0) is 19.6 Å². The number of esters is 1. The Hall–Kier alpha value is -3.47. The summed E-state index contributed by atoms with van der Waals surface area (Å²) in [4.78, 5) is 27.0. The lowest BCUT2D eigenvalue weighted by atomic mass is 10.1. The van der Waals surface area contributed by atoms with Gasteiger partial charge in [-0.1, -0.05) is 18.2 Å². The van der Waals surface area contributed by atoms with E-state index in [9.17, 15) is 23.3 Å². The molecule has 0 bridgehead atoms. The van der Waals surface area contributed by atoms with Crippen molar-refractivity contribution >= 4 is 38.4 Å². The van der Waals surface area contributed by atoms with Gasteiger partial charge < -0.3 is 10.1 Å². The molecule has 1 aliphatic rings. The molecule has 1 aromatic carbocycles. The number of pyridine rings is 1. The average Bonchev–Trinajstić information content (AvgIpc) is 3.41. The molecule has 1 aliphatic carbocycles. The number of methoxy groups -OCH3 is 1. The van der Waals surface area contributed by atoms with Gasteiger partial charge in [-0.15, -0.1) is 0 Å². The number of rotatable bonds is 6. The van der Waals surface area contributed by atoms with Gasteiger partial charge in [0, 0.05) is 12.2 Å². The van der Waals surface area contributed by atoms with Crippen LogP contribution in [0.2, 0.25) is 0 Å². The van der Waals surface area contributed by atoms with Gasteiger partial charge in [0.05, 0.1) is 28.2 Å². The average molecular weight is 444 g/mol. The molecule has 10 nitrogen and oxygen atoms in total. The lowest BCUT2D eigenvalue weighted by Gasteiger charge is -2.15. The molecule has 0 spiro atoms. The van der Waals surface area contributed by atoms with Crippen molar-refractivity contribution < 1.29 is 22.9 Å². The highest BCUT2D eigenvalue weighted by Gasteiger charge is 2.33. The maximum atomic E-state index is 13.1. The van der Waals surface area contributed by atoms with Crippen molar-refractivity contribution in [2.75, 3.05) is 12.4 Å². The van der Waals surface area contributed by atoms with Gasteiger partial charge in [-0.25, -0.2) is 17.4 Å². The fraction of sp³-hybridized carbons (Fsp3) is 0.300. The van der Waals surface area contributed by atoms with Crippen molar-refractivity contribution in [2.24, 2.45) is 5.92 Å². The van der Waals surface area contributed by atoms with E-state index in [0.717, 1.165) is 10.2 Å². The number of carbonyl (C=O) groups is 1. The molecule has 4 rings (SSSR count). The number of carbonyl (C=O) groups excluding carboxylic acids is 1. The first-order chi connectivity index (χ1) is 14.8. The van der Waals surface area contributed by atoms with Crippen LogP contribution in [0.5, 0.6) is 0 Å². The molecule has 31 heavy (non-hydrogen) atoms. The first kappa shape index (κ1) is 20.8. The number of nitrogens with one attached hydrogen (secondary N) is 1. The van der Waals surface area contributed by atoms with Crippen LogP contribution >= 0.6 is 0 Å². The first-order valence-electron chi connectivity index (χ1n) is 9.62. The number of hydrogen-bond donors (Lipinski definition) is 1. The summed E-state index contributed by atoms with van der Waals surface area (Å²) in [6.07, 6.45) is 4.09. The fourth-order valence-electron chi connectivity index (χ4n) is 3.94. The number of ether oxygens (including phenoxy) is 1. The molecule has 1 saturated carbocycles. The molecule has 1 N–H and O–H groups in total. The first-order valence-corrected chi connectivity index (χ1v) is 11.1. The molecule has 0 amide bonds. The van der Waals surface area contributed by atoms with E-state index >= 15 is 0 Å². The number of aromatic nitrogens is 2. The van der Waals surface area contributed by atoms with Crippen molar-refractivity contribution in [1.29, 1.82) is 0 Å². The molecule has 0 radical (unpaired) electrons. The van der Waals surface area contributed by atoms with Gasteiger partial charge in [0.1, 0.15) is 11.9 Å². The van der Waals surface area contributed by atoms with E-state index in [1.54, 1.807) is 18.2 Å². The summed E-state index contributed by atoms with van der Waals surface area (Å²) >= 11 is 0. The van der Waals surface area contributed by atoms with Crippen LogP contribution in [0.3, 0.4) is 0 Å². The molecule has 1 fully saturated rings. The maximum Gasteiger partial charge on any atom is 0.311 e. The minimum Gasteiger partial charge on any atom is -0.469 e. The van der Waals surface area contributed by atoms with Gasteiger partial charge >= 0.3 is 11.7 Å². The second-order valence-corrected chi connectivity index (χ2v) is 9.13. The van der Waals surface area contributed by atoms with Gasteiger partial charge in [-0.2, -0.15) is 0 Å². The van der Waals surface area contributed by atoms with Crippen LogP contribution in [0.4, 0.5) is 11.4 Å². The van der Waals surface area contributed by atoms with Crippen LogP contribution in [0.1, 0.15) is 19.3 Å². The van der Waals surface area contributed by atoms with Crippen LogP contribution in [0.25, 0.3) is 11.0 Å². The minimum absolute atomic E-state index is 0.0823. The Morgan fingerprint density at radius 1 is 1.26 bits per heavy atom. The molecule has 2 heterocycles. The maximum absolute atomic E-state index is 13.1. The summed E-state index contributed by atoms with van der Waals surface area (Å²) in [6.45, 7) is 0. The molecule has 2 aromatic heterocycles. The van der Waals surface area contributed by atoms with Gasteiger partial charge in [-0.3, -0.25) is 14.9 Å². The van der Waals surface area contributed by atoms with E-state index in [0.29, 0.717) is 24.6 Å². The second kappa shape index (κ2) is 7.99. The van der Waals surface area contributed by atoms with Crippen molar-refractivity contribution in [3.05, 3.63) is 58.9 Å². The molecule has 11 heteroatoms. The van der Waals surface area contributed by atoms with Crippen molar-refractivity contribution in [3.8, 4) is 0 Å². The molecule has 0 unspecified atom stereocenters. The molecule has 162 valence electrons. The Morgan fingerprint density at radius 2 is 2.00 bits per heavy atom. The SMILES string of the molecule is COC(=O)[C@@H]1CC[C@H](Nc2c([N+](=O)[O-])cnc3c2ccn3S(=O)(=O)c2ccccc2)C1. The number of anilines is 1. The number of nitro groups is 1. The van der Waals surface area contributed by atoms with Crippen LogP contribution in [-0.4, -0.2) is 41.4 Å². The lowest BCUT2D eigenvalue weighted by molar-refractivity contribution is -0.384. The predicted molar refractivity (Wildman–Crippen MR) is 112 cm³/mol. The van der Waals surface area contributed by atoms with E-state index in [1.165, 1.54) is 31.5 Å². The van der Waals surface area contributed by atoms with Gasteiger partial charge in [-0.05, 0) is 37.5 Å². The Labute approximate surface area is 178 Å². The highest BCUT2D eigenvalue weighted by molar-refractivity contribution is 7.90. The summed E-state index contributed by atoms with van der Waals surface area (Å²) in [5, 5.41) is 15.1. The van der Waals surface area contributed by atoms with Crippen molar-refractivity contribution in [1.82, 2.24) is 8.96 Å². The second-order valence-electron chi connectivity index (χ2n) is 7.32. The van der Waals surface area contributed by atoms with E-state index in [2.05, 4.69) is 10.3 Å². The third kappa shape index (κ3) is 3.72. The predicted octanol–water partition coefficient (Wildman–Crippen LogP) is 2.94. The number of nitrogens with zero attached hydrogens (tertiary/aromatic N) is 3. The summed E-state index contributed by atoms with van der Waals surface area (Å²) in [5.41, 5.74) is 0.0101. The van der Waals surface area contributed by atoms with Gasteiger partial charge in [0.25, 0.3) is 10.0 Å². The summed E-state index contributed by atoms with van der Waals surface area (Å²) in [7, 11) is -2.60. The molecule has 0 aliphatic heterocycles. The number of fused-ring (bicyclic) bond motifs is 1. The van der Waals surface area contributed by atoms with Crippen LogP contribution in [0.15, 0.2) is 53.7 Å². The van der Waals surface area contributed by atoms with Gasteiger partial charge in [0.2, 0.25) is 0 Å². The molecule has 2 atom stereocenters. The topological polar surface area (TPSA) is 133 Å². The zero-order valence-electron chi connectivity index (χ0n) is 16.6. The zero-order chi connectivity index (χ0) is 22.2. The zero-order valence-corrected chi connectivity index (χ0v) is 17.4. The summed E-state index contributed by atoms with van der Waals surface area (Å²) in [6, 6.07) is 9.17. The standard InChI is InChI=1S/C20H20N4O6S/c1-30-20(25)13-7-8-14(11-13)22-18-16-9-10-23(19(16)21-12-17(18)24(26)27)31(28,29)15-5-3-2-4-6-15/h2-6,9-10,12-14H,7-8,11H2,1H3,(H,21,22)/t13-,14+/m1/s1. The molecular formula is C20H20N4O6S. The van der Waals surface area contributed by atoms with E-state index in [4.69, 9.17) is 4.74 Å². The Kier molecular flexibility index (Phi) is 5.36. The quantitative estimate of drug-likeness (QED) is 0.348. The Morgan fingerprint density at radius 3 is 2.68 bits per heavy atom. The van der Waals surface area contributed by atoms with E-state index in [-0.39, 0.29) is 39.8 Å². The van der Waals surface area contributed by atoms with Crippen molar-refractivity contribution in [3.63, 3.8) is 0 Å². The third-order valence-electron chi connectivity index (χ3n) is 5.47.